The van der Waals surface area contributed by atoms with Gasteiger partial charge in [0, 0.05) is 4.47 Å². The number of rotatable bonds is 6. The fourth-order valence-corrected chi connectivity index (χ4v) is 4.15. The average Bonchev–Trinajstić information content (AvgIpc) is 2.95. The molecule has 1 unspecified atom stereocenters. The summed E-state index contributed by atoms with van der Waals surface area (Å²) in [5.41, 5.74) is 1.70. The first-order chi connectivity index (χ1) is 11.6. The zero-order chi connectivity index (χ0) is 18.6. The van der Waals surface area contributed by atoms with Gasteiger partial charge in [-0.2, -0.15) is 13.2 Å². The normalized spacial score (nSPS) is 12.7. The first kappa shape index (κ1) is 20.0. The second-order valence-electron chi connectivity index (χ2n) is 5.07. The maximum Gasteiger partial charge on any atom is 0.405 e. The van der Waals surface area contributed by atoms with Crippen molar-refractivity contribution in [2.24, 2.45) is 0 Å². The molecule has 2 N–H and O–H groups in total. The van der Waals surface area contributed by atoms with Crippen LogP contribution in [0.1, 0.15) is 12.5 Å². The molecule has 1 aromatic heterocycles. The number of benzene rings is 1. The van der Waals surface area contributed by atoms with Crippen LogP contribution in [0.3, 0.4) is 0 Å². The number of anilines is 2. The van der Waals surface area contributed by atoms with Crippen LogP contribution in [0, 0.1) is 6.92 Å². The molecule has 25 heavy (non-hydrogen) atoms. The molecular weight excluding hydrogens is 441 g/mol. The van der Waals surface area contributed by atoms with Crippen LogP contribution in [0.5, 0.6) is 0 Å². The van der Waals surface area contributed by atoms with Gasteiger partial charge in [0.2, 0.25) is 11.0 Å². The van der Waals surface area contributed by atoms with Gasteiger partial charge in [-0.25, -0.2) is 0 Å². The Morgan fingerprint density at radius 1 is 1.40 bits per heavy atom. The topological polar surface area (TPSA) is 66.9 Å². The molecule has 5 nitrogen and oxygen atoms in total. The van der Waals surface area contributed by atoms with E-state index in [1.54, 1.807) is 13.0 Å². The summed E-state index contributed by atoms with van der Waals surface area (Å²) in [7, 11) is 0. The van der Waals surface area contributed by atoms with Crippen LogP contribution in [0.2, 0.25) is 0 Å². The van der Waals surface area contributed by atoms with E-state index < -0.39 is 18.0 Å². The van der Waals surface area contributed by atoms with Gasteiger partial charge in [0.15, 0.2) is 4.34 Å². The summed E-state index contributed by atoms with van der Waals surface area (Å²) in [6.45, 7) is 2.45. The van der Waals surface area contributed by atoms with Gasteiger partial charge >= 0.3 is 6.18 Å². The van der Waals surface area contributed by atoms with Crippen LogP contribution in [0.4, 0.5) is 24.0 Å². The molecule has 1 aromatic carbocycles. The lowest BCUT2D eigenvalue weighted by Gasteiger charge is -2.12. The van der Waals surface area contributed by atoms with E-state index in [-0.39, 0.29) is 11.0 Å². The number of nitrogens with zero attached hydrogens (tertiary/aromatic N) is 2. The van der Waals surface area contributed by atoms with Crippen molar-refractivity contribution in [3.63, 3.8) is 0 Å². The third-order valence-corrected chi connectivity index (χ3v) is 5.60. The van der Waals surface area contributed by atoms with Crippen molar-refractivity contribution < 1.29 is 18.0 Å². The number of halogens is 4. The van der Waals surface area contributed by atoms with Crippen molar-refractivity contribution in [1.29, 1.82) is 0 Å². The Bertz CT molecular complexity index is 754. The quantitative estimate of drug-likeness (QED) is 0.619. The van der Waals surface area contributed by atoms with Gasteiger partial charge in [-0.15, -0.1) is 10.2 Å². The largest absolute Gasteiger partial charge is 0.405 e. The van der Waals surface area contributed by atoms with Crippen molar-refractivity contribution >= 4 is 55.8 Å². The molecule has 0 aliphatic rings. The smallest absolute Gasteiger partial charge is 0.351 e. The summed E-state index contributed by atoms with van der Waals surface area (Å²) >= 11 is 5.49. The van der Waals surface area contributed by atoms with Gasteiger partial charge in [-0.3, -0.25) is 4.79 Å². The standard InChI is InChI=1S/C14H14BrF3N4OS2/c1-7-3-4-10(9(15)5-7)20-11(23)8(2)24-13-22-21-12(25-13)19-6-14(16,17)18/h3-5,8H,6H2,1-2H3,(H,19,21)(H,20,23). The molecule has 1 amide bonds. The molecule has 0 spiro atoms. The fourth-order valence-electron chi connectivity index (χ4n) is 1.67. The van der Waals surface area contributed by atoms with Crippen LogP contribution < -0.4 is 10.6 Å². The lowest BCUT2D eigenvalue weighted by Crippen LogP contribution is -2.22. The van der Waals surface area contributed by atoms with Crippen LogP contribution in [0.15, 0.2) is 27.0 Å². The number of amides is 1. The minimum absolute atomic E-state index is 0.0636. The first-order valence-electron chi connectivity index (χ1n) is 7.02. The molecule has 0 aliphatic heterocycles. The summed E-state index contributed by atoms with van der Waals surface area (Å²) < 4.78 is 37.7. The average molecular weight is 455 g/mol. The molecule has 136 valence electrons. The Kier molecular flexibility index (Phi) is 6.69. The van der Waals surface area contributed by atoms with Gasteiger partial charge in [0.1, 0.15) is 6.54 Å². The molecule has 0 aliphatic carbocycles. The van der Waals surface area contributed by atoms with Crippen molar-refractivity contribution in [3.8, 4) is 0 Å². The number of alkyl halides is 3. The van der Waals surface area contributed by atoms with E-state index in [1.165, 1.54) is 0 Å². The molecule has 2 rings (SSSR count). The highest BCUT2D eigenvalue weighted by Crippen LogP contribution is 2.31. The number of nitrogens with one attached hydrogen (secondary N) is 2. The Balaban J connectivity index is 1.91. The Morgan fingerprint density at radius 2 is 2.12 bits per heavy atom. The van der Waals surface area contributed by atoms with Crippen LogP contribution in [-0.4, -0.2) is 34.1 Å². The van der Waals surface area contributed by atoms with Crippen molar-refractivity contribution in [3.05, 3.63) is 28.2 Å². The lowest BCUT2D eigenvalue weighted by molar-refractivity contribution is -0.116. The van der Waals surface area contributed by atoms with Crippen molar-refractivity contribution in [2.75, 3.05) is 17.2 Å². The lowest BCUT2D eigenvalue weighted by atomic mass is 10.2. The second kappa shape index (κ2) is 8.37. The predicted octanol–water partition coefficient (Wildman–Crippen LogP) is 4.70. The van der Waals surface area contributed by atoms with E-state index in [4.69, 9.17) is 0 Å². The minimum Gasteiger partial charge on any atom is -0.351 e. The van der Waals surface area contributed by atoms with Gasteiger partial charge in [0.05, 0.1) is 10.9 Å². The molecule has 11 heteroatoms. The molecule has 2 aromatic rings. The third kappa shape index (κ3) is 6.48. The Labute approximate surface area is 158 Å². The van der Waals surface area contributed by atoms with Gasteiger partial charge in [0.25, 0.3) is 0 Å². The molecular formula is C14H14BrF3N4OS2. The number of aryl methyl sites for hydroxylation is 1. The highest BCUT2D eigenvalue weighted by atomic mass is 79.9. The predicted molar refractivity (Wildman–Crippen MR) is 97.3 cm³/mol. The minimum atomic E-state index is -4.33. The number of hydrogen-bond acceptors (Lipinski definition) is 6. The van der Waals surface area contributed by atoms with Crippen molar-refractivity contribution in [2.45, 2.75) is 29.6 Å². The molecule has 0 radical (unpaired) electrons. The van der Waals surface area contributed by atoms with Gasteiger partial charge < -0.3 is 10.6 Å². The highest BCUT2D eigenvalue weighted by molar-refractivity contribution is 9.10. The van der Waals surface area contributed by atoms with E-state index in [1.807, 2.05) is 19.1 Å². The van der Waals surface area contributed by atoms with E-state index >= 15 is 0 Å². The molecule has 1 heterocycles. The van der Waals surface area contributed by atoms with E-state index in [0.29, 0.717) is 10.0 Å². The molecule has 0 saturated heterocycles. The zero-order valence-corrected chi connectivity index (χ0v) is 16.4. The second-order valence-corrected chi connectivity index (χ2v) is 8.49. The van der Waals surface area contributed by atoms with E-state index in [2.05, 4.69) is 36.8 Å². The summed E-state index contributed by atoms with van der Waals surface area (Å²) in [6.07, 6.45) is -4.33. The maximum atomic E-state index is 12.3. The van der Waals surface area contributed by atoms with Crippen LogP contribution >= 0.6 is 39.0 Å². The monoisotopic (exact) mass is 454 g/mol. The third-order valence-electron chi connectivity index (χ3n) is 2.88. The molecule has 0 bridgehead atoms. The number of carbonyl (C=O) groups excluding carboxylic acids is 1. The summed E-state index contributed by atoms with van der Waals surface area (Å²) in [5.74, 6) is -0.241. The summed E-state index contributed by atoms with van der Waals surface area (Å²) in [5, 5.41) is 12.0. The summed E-state index contributed by atoms with van der Waals surface area (Å²) in [6, 6.07) is 5.55. The molecule has 1 atom stereocenters. The van der Waals surface area contributed by atoms with E-state index in [9.17, 15) is 18.0 Å². The van der Waals surface area contributed by atoms with Crippen molar-refractivity contribution in [1.82, 2.24) is 10.2 Å². The number of hydrogen-bond donors (Lipinski definition) is 2. The maximum absolute atomic E-state index is 12.3. The Hall–Kier alpha value is -1.33. The zero-order valence-electron chi connectivity index (χ0n) is 13.1. The SMILES string of the molecule is Cc1ccc(NC(=O)C(C)Sc2nnc(NCC(F)(F)F)s2)c(Br)c1. The number of carbonyl (C=O) groups is 1. The number of thioether (sulfide) groups is 1. The van der Waals surface area contributed by atoms with Gasteiger partial charge in [-0.05, 0) is 47.5 Å². The fraction of sp³-hybridized carbons (Fsp3) is 0.357. The molecule has 0 fully saturated rings. The van der Waals surface area contributed by atoms with Crippen LogP contribution in [-0.2, 0) is 4.79 Å². The highest BCUT2D eigenvalue weighted by Gasteiger charge is 2.27. The Morgan fingerprint density at radius 3 is 2.76 bits per heavy atom. The van der Waals surface area contributed by atoms with Crippen LogP contribution in [0.25, 0.3) is 0 Å². The first-order valence-corrected chi connectivity index (χ1v) is 9.51. The van der Waals surface area contributed by atoms with Gasteiger partial charge in [-0.1, -0.05) is 29.2 Å². The summed E-state index contributed by atoms with van der Waals surface area (Å²) in [4.78, 5) is 12.3. The molecule has 0 saturated carbocycles. The van der Waals surface area contributed by atoms with E-state index in [0.717, 1.165) is 33.1 Å². The number of aromatic nitrogens is 2.